The molecule has 13 heavy (non-hydrogen) atoms. The number of nitrogens with zero attached hydrogens (tertiary/aromatic N) is 2. The molecule has 0 aromatic heterocycles. The standard InChI is InChI=1S/C9H14N2O2/c1-7(2)9(12)11(4-3-10)8-5-13-6-8/h7-8H,4-6H2,1-2H3. The zero-order valence-electron chi connectivity index (χ0n) is 7.99. The van der Waals surface area contributed by atoms with E-state index in [2.05, 4.69) is 0 Å². The monoisotopic (exact) mass is 182 g/mol. The van der Waals surface area contributed by atoms with Crippen LogP contribution < -0.4 is 0 Å². The Morgan fingerprint density at radius 3 is 2.62 bits per heavy atom. The van der Waals surface area contributed by atoms with Crippen molar-refractivity contribution >= 4 is 5.91 Å². The van der Waals surface area contributed by atoms with Crippen molar-refractivity contribution in [3.8, 4) is 6.07 Å². The van der Waals surface area contributed by atoms with Gasteiger partial charge in [-0.2, -0.15) is 5.26 Å². The molecule has 0 saturated carbocycles. The van der Waals surface area contributed by atoms with E-state index in [1.165, 1.54) is 0 Å². The maximum absolute atomic E-state index is 11.6. The molecule has 0 spiro atoms. The van der Waals surface area contributed by atoms with Gasteiger partial charge in [0, 0.05) is 5.92 Å². The molecule has 4 heteroatoms. The number of rotatable bonds is 3. The van der Waals surface area contributed by atoms with E-state index in [-0.39, 0.29) is 24.4 Å². The molecule has 0 aliphatic carbocycles. The highest BCUT2D eigenvalue weighted by Gasteiger charge is 2.30. The topological polar surface area (TPSA) is 53.3 Å². The van der Waals surface area contributed by atoms with E-state index in [4.69, 9.17) is 10.00 Å². The maximum atomic E-state index is 11.6. The molecule has 1 amide bonds. The highest BCUT2D eigenvalue weighted by Crippen LogP contribution is 2.13. The van der Waals surface area contributed by atoms with Crippen molar-refractivity contribution in [1.29, 1.82) is 5.26 Å². The highest BCUT2D eigenvalue weighted by atomic mass is 16.5. The average molecular weight is 182 g/mol. The first-order valence-electron chi connectivity index (χ1n) is 4.42. The van der Waals surface area contributed by atoms with Crippen molar-refractivity contribution in [2.24, 2.45) is 5.92 Å². The molecule has 1 saturated heterocycles. The van der Waals surface area contributed by atoms with E-state index in [0.717, 1.165) is 0 Å². The fourth-order valence-corrected chi connectivity index (χ4v) is 1.20. The van der Waals surface area contributed by atoms with Crippen molar-refractivity contribution in [2.75, 3.05) is 19.8 Å². The first-order chi connectivity index (χ1) is 6.16. The highest BCUT2D eigenvalue weighted by molar-refractivity contribution is 5.78. The van der Waals surface area contributed by atoms with Crippen LogP contribution in [0.5, 0.6) is 0 Å². The first-order valence-corrected chi connectivity index (χ1v) is 4.42. The Labute approximate surface area is 78.1 Å². The van der Waals surface area contributed by atoms with Gasteiger partial charge in [-0.3, -0.25) is 4.79 Å². The Hall–Kier alpha value is -1.08. The van der Waals surface area contributed by atoms with E-state index >= 15 is 0 Å². The van der Waals surface area contributed by atoms with Crippen molar-refractivity contribution in [3.05, 3.63) is 0 Å². The summed E-state index contributed by atoms with van der Waals surface area (Å²) in [7, 11) is 0. The van der Waals surface area contributed by atoms with E-state index in [9.17, 15) is 4.79 Å². The SMILES string of the molecule is CC(C)C(=O)N(CC#N)C1COC1. The van der Waals surface area contributed by atoms with Crippen LogP contribution in [-0.2, 0) is 9.53 Å². The quantitative estimate of drug-likeness (QED) is 0.593. The lowest BCUT2D eigenvalue weighted by Gasteiger charge is -2.36. The van der Waals surface area contributed by atoms with Gasteiger partial charge in [-0.15, -0.1) is 0 Å². The number of carbonyl (C=O) groups excluding carboxylic acids is 1. The summed E-state index contributed by atoms with van der Waals surface area (Å²) in [5, 5.41) is 8.55. The third-order valence-electron chi connectivity index (χ3n) is 2.08. The second kappa shape index (κ2) is 4.24. The van der Waals surface area contributed by atoms with Gasteiger partial charge >= 0.3 is 0 Å². The summed E-state index contributed by atoms with van der Waals surface area (Å²) < 4.78 is 4.99. The van der Waals surface area contributed by atoms with Crippen LogP contribution in [0, 0.1) is 17.2 Å². The van der Waals surface area contributed by atoms with Crippen LogP contribution in [0.1, 0.15) is 13.8 Å². The summed E-state index contributed by atoms with van der Waals surface area (Å²) in [5.41, 5.74) is 0. The second-order valence-electron chi connectivity index (χ2n) is 3.47. The summed E-state index contributed by atoms with van der Waals surface area (Å²) in [6.45, 7) is 4.99. The van der Waals surface area contributed by atoms with Crippen molar-refractivity contribution in [3.63, 3.8) is 0 Å². The molecular weight excluding hydrogens is 168 g/mol. The number of ether oxygens (including phenoxy) is 1. The molecule has 0 atom stereocenters. The van der Waals surface area contributed by atoms with Gasteiger partial charge in [0.25, 0.3) is 0 Å². The largest absolute Gasteiger partial charge is 0.377 e. The molecule has 0 bridgehead atoms. The minimum atomic E-state index is -0.0473. The zero-order valence-corrected chi connectivity index (χ0v) is 7.99. The van der Waals surface area contributed by atoms with E-state index in [1.54, 1.807) is 4.90 Å². The summed E-state index contributed by atoms with van der Waals surface area (Å²) in [6.07, 6.45) is 0. The van der Waals surface area contributed by atoms with Crippen molar-refractivity contribution in [2.45, 2.75) is 19.9 Å². The maximum Gasteiger partial charge on any atom is 0.226 e. The number of hydrogen-bond donors (Lipinski definition) is 0. The Kier molecular flexibility index (Phi) is 3.26. The predicted octanol–water partition coefficient (Wildman–Crippen LogP) is 0.393. The normalized spacial score (nSPS) is 16.5. The minimum absolute atomic E-state index is 0.0369. The van der Waals surface area contributed by atoms with Gasteiger partial charge in [0.05, 0.1) is 25.3 Å². The Bertz CT molecular complexity index is 228. The lowest BCUT2D eigenvalue weighted by molar-refractivity contribution is -0.146. The minimum Gasteiger partial charge on any atom is -0.377 e. The average Bonchev–Trinajstić information content (AvgIpc) is 1.99. The molecule has 1 aliphatic rings. The molecule has 0 radical (unpaired) electrons. The molecule has 4 nitrogen and oxygen atoms in total. The Morgan fingerprint density at radius 2 is 2.31 bits per heavy atom. The molecule has 1 aliphatic heterocycles. The van der Waals surface area contributed by atoms with Gasteiger partial charge in [0.1, 0.15) is 6.54 Å². The number of amides is 1. The van der Waals surface area contributed by atoms with Crippen LogP contribution in [0.25, 0.3) is 0 Å². The molecule has 0 N–H and O–H groups in total. The number of nitriles is 1. The van der Waals surface area contributed by atoms with E-state index < -0.39 is 0 Å². The summed E-state index contributed by atoms with van der Waals surface area (Å²) >= 11 is 0. The van der Waals surface area contributed by atoms with Crippen LogP contribution in [-0.4, -0.2) is 36.6 Å². The predicted molar refractivity (Wildman–Crippen MR) is 46.8 cm³/mol. The van der Waals surface area contributed by atoms with Gasteiger partial charge in [-0.1, -0.05) is 13.8 Å². The molecule has 1 rings (SSSR count). The van der Waals surface area contributed by atoms with Gasteiger partial charge in [-0.05, 0) is 0 Å². The summed E-state index contributed by atoms with van der Waals surface area (Å²) in [6, 6.07) is 2.12. The van der Waals surface area contributed by atoms with E-state index in [0.29, 0.717) is 13.2 Å². The van der Waals surface area contributed by atoms with Gasteiger partial charge in [0.2, 0.25) is 5.91 Å². The van der Waals surface area contributed by atoms with Crippen molar-refractivity contribution < 1.29 is 9.53 Å². The third-order valence-corrected chi connectivity index (χ3v) is 2.08. The lowest BCUT2D eigenvalue weighted by atomic mass is 10.1. The second-order valence-corrected chi connectivity index (χ2v) is 3.47. The summed E-state index contributed by atoms with van der Waals surface area (Å²) in [4.78, 5) is 13.2. The fourth-order valence-electron chi connectivity index (χ4n) is 1.20. The smallest absolute Gasteiger partial charge is 0.226 e. The van der Waals surface area contributed by atoms with Crippen LogP contribution >= 0.6 is 0 Å². The molecule has 1 fully saturated rings. The van der Waals surface area contributed by atoms with Gasteiger partial charge < -0.3 is 9.64 Å². The third kappa shape index (κ3) is 2.19. The Morgan fingerprint density at radius 1 is 1.69 bits per heavy atom. The zero-order chi connectivity index (χ0) is 9.84. The van der Waals surface area contributed by atoms with Crippen LogP contribution in [0.2, 0.25) is 0 Å². The fraction of sp³-hybridized carbons (Fsp3) is 0.778. The van der Waals surface area contributed by atoms with E-state index in [1.807, 2.05) is 19.9 Å². The van der Waals surface area contributed by atoms with Crippen LogP contribution in [0.4, 0.5) is 0 Å². The lowest BCUT2D eigenvalue weighted by Crippen LogP contribution is -2.52. The van der Waals surface area contributed by atoms with Crippen molar-refractivity contribution in [1.82, 2.24) is 4.90 Å². The van der Waals surface area contributed by atoms with Gasteiger partial charge in [0.15, 0.2) is 0 Å². The Balaban J connectivity index is 2.56. The first kappa shape index (κ1) is 10.0. The summed E-state index contributed by atoms with van der Waals surface area (Å²) in [5.74, 6) is -0.0104. The molecule has 0 unspecified atom stereocenters. The molecule has 1 heterocycles. The molecule has 0 aromatic rings. The molecule has 0 aromatic carbocycles. The van der Waals surface area contributed by atoms with Gasteiger partial charge in [-0.25, -0.2) is 0 Å². The number of carbonyl (C=O) groups is 1. The number of hydrogen-bond acceptors (Lipinski definition) is 3. The molecular formula is C9H14N2O2. The van der Waals surface area contributed by atoms with Crippen LogP contribution in [0.15, 0.2) is 0 Å². The molecule has 72 valence electrons. The van der Waals surface area contributed by atoms with Crippen LogP contribution in [0.3, 0.4) is 0 Å².